The van der Waals surface area contributed by atoms with Crippen LogP contribution in [0.25, 0.3) is 10.9 Å². The van der Waals surface area contributed by atoms with Crippen LogP contribution in [0, 0.1) is 0 Å². The number of hydrogen-bond donors (Lipinski definition) is 2. The number of amides is 1. The zero-order valence-electron chi connectivity index (χ0n) is 13.6. The van der Waals surface area contributed by atoms with Gasteiger partial charge in [0, 0.05) is 9.86 Å². The molecule has 9 heteroatoms. The lowest BCUT2D eigenvalue weighted by molar-refractivity contribution is 0.0940. The first kappa shape index (κ1) is 18.3. The second-order valence-electron chi connectivity index (χ2n) is 5.24. The second kappa shape index (κ2) is 7.40. The molecule has 1 aromatic heterocycles. The van der Waals surface area contributed by atoms with Crippen LogP contribution in [-0.4, -0.2) is 26.4 Å². The van der Waals surface area contributed by atoms with Gasteiger partial charge in [0.05, 0.1) is 12.6 Å². The Morgan fingerprint density at radius 2 is 1.88 bits per heavy atom. The molecule has 26 heavy (non-hydrogen) atoms. The number of fused-ring (bicyclic) bond motifs is 1. The Kier molecular flexibility index (Phi) is 5.21. The van der Waals surface area contributed by atoms with Gasteiger partial charge in [-0.05, 0) is 30.3 Å². The summed E-state index contributed by atoms with van der Waals surface area (Å²) in [6, 6.07) is 15.1. The van der Waals surface area contributed by atoms with Crippen LogP contribution in [0.5, 0.6) is 5.75 Å². The number of sulfonamides is 1. The van der Waals surface area contributed by atoms with E-state index in [4.69, 9.17) is 4.74 Å². The molecule has 1 heterocycles. The molecule has 0 fully saturated rings. The fourth-order valence-corrected chi connectivity index (χ4v) is 3.83. The lowest BCUT2D eigenvalue weighted by Crippen LogP contribution is -2.42. The lowest BCUT2D eigenvalue weighted by Gasteiger charge is -2.12. The quantitative estimate of drug-likeness (QED) is 0.600. The molecule has 7 nitrogen and oxygen atoms in total. The van der Waals surface area contributed by atoms with Crippen LogP contribution < -0.4 is 15.0 Å². The Morgan fingerprint density at radius 3 is 2.65 bits per heavy atom. The van der Waals surface area contributed by atoms with E-state index in [0.717, 1.165) is 5.39 Å². The average molecular weight is 436 g/mol. The molecule has 1 amide bonds. The number of methoxy groups -OCH3 is 1. The molecule has 134 valence electrons. The van der Waals surface area contributed by atoms with Crippen molar-refractivity contribution in [3.63, 3.8) is 0 Å². The smallest absolute Gasteiger partial charge is 0.284 e. The molecule has 0 aliphatic carbocycles. The van der Waals surface area contributed by atoms with Gasteiger partial charge < -0.3 is 4.74 Å². The van der Waals surface area contributed by atoms with E-state index in [1.165, 1.54) is 25.3 Å². The van der Waals surface area contributed by atoms with Gasteiger partial charge in [-0.15, -0.1) is 4.83 Å². The number of benzene rings is 2. The molecule has 0 aliphatic rings. The van der Waals surface area contributed by atoms with Crippen molar-refractivity contribution in [2.45, 2.75) is 4.90 Å². The van der Waals surface area contributed by atoms with Crippen molar-refractivity contribution in [3.8, 4) is 5.75 Å². The summed E-state index contributed by atoms with van der Waals surface area (Å²) in [5, 5.41) is 0.878. The Labute approximate surface area is 158 Å². The minimum absolute atomic E-state index is 0.0904. The molecule has 3 rings (SSSR count). The van der Waals surface area contributed by atoms with Crippen LogP contribution in [0.2, 0.25) is 0 Å². The number of aromatic nitrogens is 1. The van der Waals surface area contributed by atoms with Crippen LogP contribution >= 0.6 is 15.9 Å². The Morgan fingerprint density at radius 1 is 1.12 bits per heavy atom. The van der Waals surface area contributed by atoms with E-state index in [2.05, 4.69) is 31.2 Å². The molecule has 0 unspecified atom stereocenters. The second-order valence-corrected chi connectivity index (χ2v) is 7.81. The summed E-state index contributed by atoms with van der Waals surface area (Å²) in [4.78, 5) is 18.4. The molecular weight excluding hydrogens is 422 g/mol. The fraction of sp³-hybridized carbons (Fsp3) is 0.0588. The summed E-state index contributed by atoms with van der Waals surface area (Å²) >= 11 is 3.21. The SMILES string of the molecule is COc1ccc(Br)cc1S(=O)(=O)NNC(=O)c1ccc2ccccc2n1. The van der Waals surface area contributed by atoms with Crippen molar-refractivity contribution in [2.24, 2.45) is 0 Å². The Balaban J connectivity index is 1.80. The van der Waals surface area contributed by atoms with Crippen LogP contribution in [0.3, 0.4) is 0 Å². The van der Waals surface area contributed by atoms with Gasteiger partial charge in [-0.25, -0.2) is 13.4 Å². The van der Waals surface area contributed by atoms with Crippen LogP contribution in [-0.2, 0) is 10.0 Å². The molecule has 3 aromatic rings. The summed E-state index contributed by atoms with van der Waals surface area (Å²) in [6.07, 6.45) is 0. The van der Waals surface area contributed by atoms with E-state index >= 15 is 0 Å². The summed E-state index contributed by atoms with van der Waals surface area (Å²) < 4.78 is 30.5. The molecule has 0 saturated heterocycles. The topological polar surface area (TPSA) is 97.4 Å². The molecule has 0 aliphatic heterocycles. The number of hydrazine groups is 1. The van der Waals surface area contributed by atoms with Crippen molar-refractivity contribution in [1.82, 2.24) is 15.2 Å². The molecular formula is C17H14BrN3O4S. The maximum Gasteiger partial charge on any atom is 0.284 e. The van der Waals surface area contributed by atoms with Gasteiger partial charge in [0.25, 0.3) is 15.9 Å². The van der Waals surface area contributed by atoms with Crippen molar-refractivity contribution >= 4 is 42.8 Å². The lowest BCUT2D eigenvalue weighted by atomic mass is 10.2. The maximum atomic E-state index is 12.5. The summed E-state index contributed by atoms with van der Waals surface area (Å²) in [7, 11) is -2.67. The number of ether oxygens (including phenoxy) is 1. The van der Waals surface area contributed by atoms with Gasteiger partial charge in [-0.2, -0.15) is 0 Å². The zero-order valence-corrected chi connectivity index (χ0v) is 16.0. The van der Waals surface area contributed by atoms with Gasteiger partial charge >= 0.3 is 0 Å². The summed E-state index contributed by atoms with van der Waals surface area (Å²) in [6.45, 7) is 0. The van der Waals surface area contributed by atoms with E-state index in [0.29, 0.717) is 9.99 Å². The number of para-hydroxylation sites is 1. The van der Waals surface area contributed by atoms with Gasteiger partial charge in [-0.1, -0.05) is 40.2 Å². The first-order valence-electron chi connectivity index (χ1n) is 7.42. The maximum absolute atomic E-state index is 12.5. The number of hydrogen-bond acceptors (Lipinski definition) is 5. The van der Waals surface area contributed by atoms with Gasteiger partial charge in [-0.3, -0.25) is 10.2 Å². The average Bonchev–Trinajstić information content (AvgIpc) is 2.65. The predicted molar refractivity (Wildman–Crippen MR) is 100 cm³/mol. The standard InChI is InChI=1S/C17H14BrN3O4S/c1-25-15-9-7-12(18)10-16(15)26(23,24)21-20-17(22)14-8-6-11-4-2-3-5-13(11)19-14/h2-10,21H,1H3,(H,20,22). The number of rotatable bonds is 5. The Hall–Kier alpha value is -2.49. The highest BCUT2D eigenvalue weighted by Gasteiger charge is 2.21. The number of nitrogens with zero attached hydrogens (tertiary/aromatic N) is 1. The van der Waals surface area contributed by atoms with Gasteiger partial charge in [0.1, 0.15) is 16.3 Å². The van der Waals surface area contributed by atoms with E-state index in [1.807, 2.05) is 12.1 Å². The Bertz CT molecular complexity index is 1090. The van der Waals surface area contributed by atoms with Crippen LogP contribution in [0.15, 0.2) is 64.0 Å². The third kappa shape index (κ3) is 3.85. The molecule has 0 atom stereocenters. The zero-order chi connectivity index (χ0) is 18.7. The normalized spacial score (nSPS) is 11.3. The van der Waals surface area contributed by atoms with Crippen molar-refractivity contribution < 1.29 is 17.9 Å². The van der Waals surface area contributed by atoms with Crippen LogP contribution in [0.1, 0.15) is 10.5 Å². The minimum atomic E-state index is -4.04. The first-order valence-corrected chi connectivity index (χ1v) is 9.70. The summed E-state index contributed by atoms with van der Waals surface area (Å²) in [5.74, 6) is -0.521. The molecule has 0 radical (unpaired) electrons. The van der Waals surface area contributed by atoms with Crippen molar-refractivity contribution in [3.05, 3.63) is 64.8 Å². The van der Waals surface area contributed by atoms with Gasteiger partial charge in [0.15, 0.2) is 0 Å². The molecule has 2 aromatic carbocycles. The van der Waals surface area contributed by atoms with E-state index in [-0.39, 0.29) is 16.3 Å². The molecule has 0 bridgehead atoms. The van der Waals surface area contributed by atoms with Crippen molar-refractivity contribution in [1.29, 1.82) is 0 Å². The fourth-order valence-electron chi connectivity index (χ4n) is 2.29. The molecule has 0 saturated carbocycles. The van der Waals surface area contributed by atoms with E-state index in [1.54, 1.807) is 24.3 Å². The summed E-state index contributed by atoms with van der Waals surface area (Å²) in [5.41, 5.74) is 2.89. The molecule has 0 spiro atoms. The highest BCUT2D eigenvalue weighted by molar-refractivity contribution is 9.10. The van der Waals surface area contributed by atoms with E-state index < -0.39 is 15.9 Å². The first-order chi connectivity index (χ1) is 12.4. The van der Waals surface area contributed by atoms with Gasteiger partial charge in [0.2, 0.25) is 0 Å². The molecule has 2 N–H and O–H groups in total. The van der Waals surface area contributed by atoms with Crippen molar-refractivity contribution in [2.75, 3.05) is 7.11 Å². The monoisotopic (exact) mass is 435 g/mol. The largest absolute Gasteiger partial charge is 0.495 e. The number of carbonyl (C=O) groups is 1. The number of halogens is 1. The third-order valence-electron chi connectivity index (χ3n) is 3.55. The minimum Gasteiger partial charge on any atom is -0.495 e. The predicted octanol–water partition coefficient (Wildman–Crippen LogP) is 2.63. The highest BCUT2D eigenvalue weighted by atomic mass is 79.9. The number of pyridine rings is 1. The number of carbonyl (C=O) groups excluding carboxylic acids is 1. The third-order valence-corrected chi connectivity index (χ3v) is 5.31. The van der Waals surface area contributed by atoms with E-state index in [9.17, 15) is 13.2 Å². The van der Waals surface area contributed by atoms with Crippen LogP contribution in [0.4, 0.5) is 0 Å². The number of nitrogens with one attached hydrogen (secondary N) is 2. The highest BCUT2D eigenvalue weighted by Crippen LogP contribution is 2.26.